The molecule has 0 unspecified atom stereocenters. The molecule has 0 aliphatic carbocycles. The Morgan fingerprint density at radius 3 is 2.76 bits per heavy atom. The summed E-state index contributed by atoms with van der Waals surface area (Å²) in [5.41, 5.74) is 2.08. The minimum atomic E-state index is -0.355. The average Bonchev–Trinajstić information content (AvgIpc) is 2.90. The molecule has 130 valence electrons. The third-order valence-electron chi connectivity index (χ3n) is 4.10. The maximum absolute atomic E-state index is 13.1. The summed E-state index contributed by atoms with van der Waals surface area (Å²) in [5, 5.41) is 4.74. The largest absolute Gasteiger partial charge is 0.466 e. The molecule has 0 N–H and O–H groups in total. The van der Waals surface area contributed by atoms with Gasteiger partial charge in [-0.1, -0.05) is 12.1 Å². The molecule has 0 radical (unpaired) electrons. The Labute approximate surface area is 144 Å². The fourth-order valence-electron chi connectivity index (χ4n) is 2.97. The lowest BCUT2D eigenvalue weighted by Gasteiger charge is -2.13. The first-order valence-electron chi connectivity index (χ1n) is 8.10. The van der Waals surface area contributed by atoms with E-state index < -0.39 is 0 Å². The second-order valence-corrected chi connectivity index (χ2v) is 5.87. The first kappa shape index (κ1) is 16.9. The first-order valence-corrected chi connectivity index (χ1v) is 8.10. The van der Waals surface area contributed by atoms with Crippen LogP contribution in [0.25, 0.3) is 16.7 Å². The number of hydrogen-bond donors (Lipinski definition) is 0. The zero-order valence-electron chi connectivity index (χ0n) is 14.7. The van der Waals surface area contributed by atoms with Crippen LogP contribution < -0.4 is 5.56 Å². The Hall–Kier alpha value is -2.96. The Bertz CT molecular complexity index is 1020. The molecule has 1 aromatic carbocycles. The number of esters is 1. The molecular formula is C18H20N4O3. The highest BCUT2D eigenvalue weighted by Crippen LogP contribution is 2.18. The van der Waals surface area contributed by atoms with Crippen LogP contribution in [0.3, 0.4) is 0 Å². The normalized spacial score (nSPS) is 11.0. The molecule has 3 aromatic rings. The molecule has 0 spiro atoms. The van der Waals surface area contributed by atoms with Gasteiger partial charge in [0.05, 0.1) is 30.1 Å². The number of benzene rings is 1. The van der Waals surface area contributed by atoms with Crippen molar-refractivity contribution in [3.63, 3.8) is 0 Å². The summed E-state index contributed by atoms with van der Waals surface area (Å²) >= 11 is 0. The predicted molar refractivity (Wildman–Crippen MR) is 93.9 cm³/mol. The van der Waals surface area contributed by atoms with Crippen LogP contribution >= 0.6 is 0 Å². The molecule has 2 aromatic heterocycles. The molecular weight excluding hydrogens is 320 g/mol. The molecule has 0 amide bonds. The Kier molecular flexibility index (Phi) is 4.39. The standard InChI is InChI=1S/C18H20N4O3/c1-5-25-15(23)9-13-10-19-21(4)17(13)22-12(3)20-16-11(2)7-6-8-14(16)18(22)24/h6-8,10H,5,9H2,1-4H3. The van der Waals surface area contributed by atoms with E-state index in [2.05, 4.69) is 10.1 Å². The summed E-state index contributed by atoms with van der Waals surface area (Å²) in [6.07, 6.45) is 1.63. The van der Waals surface area contributed by atoms with Gasteiger partial charge in [-0.15, -0.1) is 0 Å². The summed E-state index contributed by atoms with van der Waals surface area (Å²) in [6, 6.07) is 5.52. The molecule has 2 heterocycles. The van der Waals surface area contributed by atoms with Gasteiger partial charge in [0.2, 0.25) is 0 Å². The number of hydrogen-bond acceptors (Lipinski definition) is 5. The number of carbonyl (C=O) groups is 1. The van der Waals surface area contributed by atoms with E-state index in [-0.39, 0.29) is 17.9 Å². The van der Waals surface area contributed by atoms with Crippen LogP contribution in [0.2, 0.25) is 0 Å². The molecule has 0 bridgehead atoms. The summed E-state index contributed by atoms with van der Waals surface area (Å²) in [4.78, 5) is 29.5. The van der Waals surface area contributed by atoms with E-state index in [9.17, 15) is 9.59 Å². The van der Waals surface area contributed by atoms with Gasteiger partial charge in [-0.05, 0) is 32.4 Å². The van der Waals surface area contributed by atoms with Gasteiger partial charge in [0.1, 0.15) is 11.6 Å². The lowest BCUT2D eigenvalue weighted by atomic mass is 10.1. The van der Waals surface area contributed by atoms with E-state index >= 15 is 0 Å². The van der Waals surface area contributed by atoms with Crippen LogP contribution in [0.4, 0.5) is 0 Å². The average molecular weight is 340 g/mol. The SMILES string of the molecule is CCOC(=O)Cc1cnn(C)c1-n1c(C)nc2c(C)cccc2c1=O. The quantitative estimate of drug-likeness (QED) is 0.677. The monoisotopic (exact) mass is 340 g/mol. The molecule has 0 saturated heterocycles. The van der Waals surface area contributed by atoms with Gasteiger partial charge < -0.3 is 4.74 Å². The maximum atomic E-state index is 13.1. The van der Waals surface area contributed by atoms with Crippen molar-refractivity contribution < 1.29 is 9.53 Å². The molecule has 0 atom stereocenters. The highest BCUT2D eigenvalue weighted by molar-refractivity contribution is 5.81. The van der Waals surface area contributed by atoms with Gasteiger partial charge >= 0.3 is 5.97 Å². The molecule has 3 rings (SSSR count). The van der Waals surface area contributed by atoms with Gasteiger partial charge in [0, 0.05) is 12.6 Å². The summed E-state index contributed by atoms with van der Waals surface area (Å²) in [7, 11) is 1.73. The summed E-state index contributed by atoms with van der Waals surface area (Å²) < 4.78 is 8.09. The third kappa shape index (κ3) is 2.93. The van der Waals surface area contributed by atoms with Crippen molar-refractivity contribution in [1.82, 2.24) is 19.3 Å². The van der Waals surface area contributed by atoms with Crippen molar-refractivity contribution in [2.24, 2.45) is 7.05 Å². The number of ether oxygens (including phenoxy) is 1. The zero-order chi connectivity index (χ0) is 18.1. The van der Waals surface area contributed by atoms with Crippen molar-refractivity contribution in [3.05, 3.63) is 51.7 Å². The van der Waals surface area contributed by atoms with Gasteiger partial charge in [0.15, 0.2) is 0 Å². The Morgan fingerprint density at radius 1 is 1.28 bits per heavy atom. The minimum absolute atomic E-state index is 0.0503. The van der Waals surface area contributed by atoms with Crippen LogP contribution in [0.1, 0.15) is 23.9 Å². The highest BCUT2D eigenvalue weighted by atomic mass is 16.5. The van der Waals surface area contributed by atoms with Crippen molar-refractivity contribution >= 4 is 16.9 Å². The number of nitrogens with zero attached hydrogens (tertiary/aromatic N) is 4. The third-order valence-corrected chi connectivity index (χ3v) is 4.10. The fraction of sp³-hybridized carbons (Fsp3) is 0.333. The molecule has 0 saturated carbocycles. The first-order chi connectivity index (χ1) is 11.9. The van der Waals surface area contributed by atoms with Crippen LogP contribution in [0.15, 0.2) is 29.2 Å². The highest BCUT2D eigenvalue weighted by Gasteiger charge is 2.19. The minimum Gasteiger partial charge on any atom is -0.466 e. The van der Waals surface area contributed by atoms with Crippen LogP contribution in [0, 0.1) is 13.8 Å². The number of fused-ring (bicyclic) bond motifs is 1. The van der Waals surface area contributed by atoms with Gasteiger partial charge in [-0.3, -0.25) is 14.3 Å². The Morgan fingerprint density at radius 2 is 2.04 bits per heavy atom. The molecule has 0 aliphatic rings. The molecule has 25 heavy (non-hydrogen) atoms. The van der Waals surface area contributed by atoms with Crippen molar-refractivity contribution in [3.8, 4) is 5.82 Å². The van der Waals surface area contributed by atoms with Gasteiger partial charge in [0.25, 0.3) is 5.56 Å². The number of rotatable bonds is 4. The van der Waals surface area contributed by atoms with Gasteiger partial charge in [-0.25, -0.2) is 9.55 Å². The second kappa shape index (κ2) is 6.51. The maximum Gasteiger partial charge on any atom is 0.310 e. The van der Waals surface area contributed by atoms with E-state index in [0.717, 1.165) is 5.56 Å². The number of aromatic nitrogens is 4. The molecule has 7 heteroatoms. The lowest BCUT2D eigenvalue weighted by molar-refractivity contribution is -0.142. The van der Waals surface area contributed by atoms with Crippen LogP contribution in [-0.2, 0) is 23.0 Å². The van der Waals surface area contributed by atoms with E-state index in [1.54, 1.807) is 37.8 Å². The van der Waals surface area contributed by atoms with E-state index in [1.165, 1.54) is 4.57 Å². The fourth-order valence-corrected chi connectivity index (χ4v) is 2.97. The molecule has 0 aliphatic heterocycles. The van der Waals surface area contributed by atoms with Crippen molar-refractivity contribution in [1.29, 1.82) is 0 Å². The smallest absolute Gasteiger partial charge is 0.310 e. The molecule has 0 fully saturated rings. The second-order valence-electron chi connectivity index (χ2n) is 5.87. The van der Waals surface area contributed by atoms with Crippen molar-refractivity contribution in [2.45, 2.75) is 27.2 Å². The topological polar surface area (TPSA) is 79.0 Å². The summed E-state index contributed by atoms with van der Waals surface area (Å²) in [6.45, 7) is 5.76. The van der Waals surface area contributed by atoms with Crippen LogP contribution in [-0.4, -0.2) is 31.9 Å². The number of aryl methyl sites for hydroxylation is 3. The number of para-hydroxylation sites is 1. The van der Waals surface area contributed by atoms with E-state index in [0.29, 0.717) is 34.7 Å². The van der Waals surface area contributed by atoms with Crippen LogP contribution in [0.5, 0.6) is 0 Å². The lowest BCUT2D eigenvalue weighted by Crippen LogP contribution is -2.26. The van der Waals surface area contributed by atoms with Crippen molar-refractivity contribution in [2.75, 3.05) is 6.61 Å². The molecule has 7 nitrogen and oxygen atoms in total. The number of carbonyl (C=O) groups excluding carboxylic acids is 1. The van der Waals surface area contributed by atoms with Gasteiger partial charge in [-0.2, -0.15) is 5.10 Å². The van der Waals surface area contributed by atoms with E-state index in [4.69, 9.17) is 4.74 Å². The predicted octanol–water partition coefficient (Wildman–Crippen LogP) is 1.84. The Balaban J connectivity index is 2.23. The summed E-state index contributed by atoms with van der Waals surface area (Å²) in [5.74, 6) is 0.721. The van der Waals surface area contributed by atoms with E-state index in [1.807, 2.05) is 19.1 Å². The zero-order valence-corrected chi connectivity index (χ0v) is 14.7.